The van der Waals surface area contributed by atoms with Gasteiger partial charge in [0.1, 0.15) is 19.3 Å². The van der Waals surface area contributed by atoms with Crippen molar-refractivity contribution in [2.45, 2.75) is 13.0 Å². The minimum absolute atomic E-state index is 0.0240. The maximum absolute atomic E-state index is 8.75. The van der Waals surface area contributed by atoms with E-state index in [0.29, 0.717) is 6.61 Å². The molecule has 4 heteroatoms. The molecule has 0 saturated heterocycles. The van der Waals surface area contributed by atoms with Crippen LogP contribution in [0.15, 0.2) is 12.2 Å². The summed E-state index contributed by atoms with van der Waals surface area (Å²) in [4.78, 5) is 9.12. The van der Waals surface area contributed by atoms with Gasteiger partial charge < -0.3 is 10.2 Å². The predicted molar refractivity (Wildman–Crippen MR) is 39.8 cm³/mol. The van der Waals surface area contributed by atoms with Gasteiger partial charge >= 0.3 is 0 Å². The van der Waals surface area contributed by atoms with Crippen LogP contribution in [0.1, 0.15) is 6.92 Å². The van der Waals surface area contributed by atoms with Gasteiger partial charge in [-0.05, 0) is 6.92 Å². The van der Waals surface area contributed by atoms with Gasteiger partial charge in [-0.15, -0.1) is 0 Å². The van der Waals surface area contributed by atoms with Gasteiger partial charge in [0.25, 0.3) is 0 Å². The molecule has 66 valence electrons. The summed E-state index contributed by atoms with van der Waals surface area (Å²) in [5.41, 5.74) is 0.837. The van der Waals surface area contributed by atoms with Crippen molar-refractivity contribution in [1.29, 1.82) is 0 Å². The van der Waals surface area contributed by atoms with Crippen LogP contribution < -0.4 is 0 Å². The van der Waals surface area contributed by atoms with E-state index in [0.717, 1.165) is 5.57 Å². The molecule has 0 heterocycles. The molecule has 0 aliphatic heterocycles. The number of aliphatic hydroxyl groups excluding tert-OH is 2. The zero-order chi connectivity index (χ0) is 8.69. The first kappa shape index (κ1) is 10.6. The topological polar surface area (TPSA) is 58.9 Å². The highest BCUT2D eigenvalue weighted by Gasteiger charge is 2.01. The number of hydrogen-bond donors (Lipinski definition) is 2. The third-order valence-electron chi connectivity index (χ3n) is 0.860. The van der Waals surface area contributed by atoms with Crippen LogP contribution in [0, 0.1) is 0 Å². The largest absolute Gasteiger partial charge is 0.394 e. The highest BCUT2D eigenvalue weighted by atomic mass is 17.2. The van der Waals surface area contributed by atoms with Crippen molar-refractivity contribution in [3.05, 3.63) is 12.2 Å². The minimum atomic E-state index is -0.875. The average molecular weight is 162 g/mol. The van der Waals surface area contributed by atoms with Crippen molar-refractivity contribution >= 4 is 0 Å². The number of aliphatic hydroxyl groups is 2. The van der Waals surface area contributed by atoms with Crippen molar-refractivity contribution in [3.63, 3.8) is 0 Å². The molecule has 0 saturated carbocycles. The van der Waals surface area contributed by atoms with E-state index >= 15 is 0 Å². The fourth-order valence-electron chi connectivity index (χ4n) is 0.322. The molecule has 0 aromatic heterocycles. The first-order chi connectivity index (χ1) is 5.16. The molecule has 4 nitrogen and oxygen atoms in total. The van der Waals surface area contributed by atoms with E-state index in [1.54, 1.807) is 6.92 Å². The summed E-state index contributed by atoms with van der Waals surface area (Å²) in [7, 11) is 0. The van der Waals surface area contributed by atoms with Crippen LogP contribution in [0.4, 0.5) is 0 Å². The first-order valence-electron chi connectivity index (χ1n) is 3.34. The van der Waals surface area contributed by atoms with Gasteiger partial charge in [0.15, 0.2) is 0 Å². The van der Waals surface area contributed by atoms with Gasteiger partial charge in [-0.2, -0.15) is 0 Å². The van der Waals surface area contributed by atoms with E-state index in [2.05, 4.69) is 16.4 Å². The Morgan fingerprint density at radius 1 is 1.55 bits per heavy atom. The highest BCUT2D eigenvalue weighted by Crippen LogP contribution is 1.90. The Balaban J connectivity index is 3.08. The molecule has 0 radical (unpaired) electrons. The lowest BCUT2D eigenvalue weighted by Crippen LogP contribution is -2.19. The van der Waals surface area contributed by atoms with Gasteiger partial charge in [0, 0.05) is 0 Å². The molecule has 11 heavy (non-hydrogen) atoms. The molecule has 0 bridgehead atoms. The van der Waals surface area contributed by atoms with Crippen LogP contribution in [0.5, 0.6) is 0 Å². The van der Waals surface area contributed by atoms with Crippen LogP contribution in [-0.4, -0.2) is 36.1 Å². The molecule has 0 fully saturated rings. The third kappa shape index (κ3) is 7.48. The Labute approximate surface area is 66.0 Å². The van der Waals surface area contributed by atoms with Crippen molar-refractivity contribution in [1.82, 2.24) is 0 Å². The maximum Gasteiger partial charge on any atom is 0.110 e. The second kappa shape index (κ2) is 6.30. The quantitative estimate of drug-likeness (QED) is 0.247. The lowest BCUT2D eigenvalue weighted by Gasteiger charge is -2.06. The SMILES string of the molecule is C=C(C)COOCC(O)CO. The normalized spacial score (nSPS) is 13.0. The summed E-state index contributed by atoms with van der Waals surface area (Å²) in [5, 5.41) is 17.1. The Morgan fingerprint density at radius 2 is 2.18 bits per heavy atom. The Kier molecular flexibility index (Phi) is 6.06. The molecular formula is C7H14O4. The van der Waals surface area contributed by atoms with E-state index in [-0.39, 0.29) is 13.2 Å². The standard InChI is InChI=1S/C7H14O4/c1-6(2)4-10-11-5-7(9)3-8/h7-9H,1,3-5H2,2H3. The Hall–Kier alpha value is -0.420. The molecule has 1 unspecified atom stereocenters. The average Bonchev–Trinajstić information content (AvgIpc) is 1.97. The third-order valence-corrected chi connectivity index (χ3v) is 0.860. The van der Waals surface area contributed by atoms with E-state index in [1.807, 2.05) is 0 Å². The van der Waals surface area contributed by atoms with E-state index in [4.69, 9.17) is 10.2 Å². The van der Waals surface area contributed by atoms with E-state index < -0.39 is 6.10 Å². The summed E-state index contributed by atoms with van der Waals surface area (Å²) in [6.07, 6.45) is -0.875. The van der Waals surface area contributed by atoms with Gasteiger partial charge in [-0.1, -0.05) is 12.2 Å². The second-order valence-corrected chi connectivity index (χ2v) is 2.34. The predicted octanol–water partition coefficient (Wildman–Crippen LogP) is -0.136. The van der Waals surface area contributed by atoms with Crippen molar-refractivity contribution in [2.24, 2.45) is 0 Å². The fourth-order valence-corrected chi connectivity index (χ4v) is 0.322. The van der Waals surface area contributed by atoms with Crippen LogP contribution >= 0.6 is 0 Å². The molecule has 1 atom stereocenters. The van der Waals surface area contributed by atoms with E-state index in [9.17, 15) is 0 Å². The van der Waals surface area contributed by atoms with Gasteiger partial charge in [0.2, 0.25) is 0 Å². The van der Waals surface area contributed by atoms with Crippen molar-refractivity contribution in [3.8, 4) is 0 Å². The zero-order valence-corrected chi connectivity index (χ0v) is 6.62. The molecule has 0 aliphatic rings. The molecule has 0 spiro atoms. The highest BCUT2D eigenvalue weighted by molar-refractivity contribution is 4.86. The molecule has 0 amide bonds. The molecular weight excluding hydrogens is 148 g/mol. The van der Waals surface area contributed by atoms with Crippen LogP contribution in [-0.2, 0) is 9.78 Å². The van der Waals surface area contributed by atoms with Crippen molar-refractivity contribution < 1.29 is 20.0 Å². The number of rotatable bonds is 6. The second-order valence-electron chi connectivity index (χ2n) is 2.34. The lowest BCUT2D eigenvalue weighted by molar-refractivity contribution is -0.300. The first-order valence-corrected chi connectivity index (χ1v) is 3.34. The van der Waals surface area contributed by atoms with E-state index in [1.165, 1.54) is 0 Å². The fraction of sp³-hybridized carbons (Fsp3) is 0.714. The maximum atomic E-state index is 8.75. The Bertz CT molecular complexity index is 113. The zero-order valence-electron chi connectivity index (χ0n) is 6.62. The minimum Gasteiger partial charge on any atom is -0.394 e. The van der Waals surface area contributed by atoms with Gasteiger partial charge in [0.05, 0.1) is 6.61 Å². The lowest BCUT2D eigenvalue weighted by atomic mass is 10.4. The van der Waals surface area contributed by atoms with Gasteiger partial charge in [-0.25, -0.2) is 9.78 Å². The van der Waals surface area contributed by atoms with Crippen LogP contribution in [0.25, 0.3) is 0 Å². The summed E-state index contributed by atoms with van der Waals surface area (Å²) >= 11 is 0. The summed E-state index contributed by atoms with van der Waals surface area (Å²) < 4.78 is 0. The summed E-state index contributed by atoms with van der Waals surface area (Å²) in [6, 6.07) is 0. The number of hydrogen-bond acceptors (Lipinski definition) is 4. The van der Waals surface area contributed by atoms with Crippen molar-refractivity contribution in [2.75, 3.05) is 19.8 Å². The Morgan fingerprint density at radius 3 is 2.64 bits per heavy atom. The summed E-state index contributed by atoms with van der Waals surface area (Å²) in [5.74, 6) is 0. The molecule has 0 aromatic carbocycles. The monoisotopic (exact) mass is 162 g/mol. The van der Waals surface area contributed by atoms with Gasteiger partial charge in [-0.3, -0.25) is 0 Å². The van der Waals surface area contributed by atoms with Crippen LogP contribution in [0.3, 0.4) is 0 Å². The molecule has 0 rings (SSSR count). The van der Waals surface area contributed by atoms with Crippen LogP contribution in [0.2, 0.25) is 0 Å². The molecule has 0 aromatic rings. The molecule has 2 N–H and O–H groups in total. The summed E-state index contributed by atoms with van der Waals surface area (Å²) in [6.45, 7) is 5.33. The molecule has 0 aliphatic carbocycles. The smallest absolute Gasteiger partial charge is 0.110 e.